The normalized spacial score (nSPS) is 37.3. The third kappa shape index (κ3) is 0.978. The van der Waals surface area contributed by atoms with Gasteiger partial charge < -0.3 is 9.47 Å². The first-order valence-corrected chi connectivity index (χ1v) is 4.25. The molecule has 70 valence electrons. The summed E-state index contributed by atoms with van der Waals surface area (Å²) in [6.45, 7) is 5.50. The van der Waals surface area contributed by atoms with Crippen molar-refractivity contribution in [3.05, 3.63) is 12.2 Å². The van der Waals surface area contributed by atoms with Crippen LogP contribution in [0.1, 0.15) is 13.3 Å². The molecule has 0 spiro atoms. The predicted octanol–water partition coefficient (Wildman–Crippen LogP) is 0.420. The SMILES string of the molecule is C=C1C(=O)O[C@@H]2C(=O)O[C@H](CC)[C@H]12. The number of carbonyl (C=O) groups is 2. The Balaban J connectivity index is 2.31. The molecular formula is C9H10O4. The summed E-state index contributed by atoms with van der Waals surface area (Å²) >= 11 is 0. The fraction of sp³-hybridized carbons (Fsp3) is 0.556. The number of hydrogen-bond acceptors (Lipinski definition) is 4. The third-order valence-corrected chi connectivity index (χ3v) is 2.53. The van der Waals surface area contributed by atoms with Gasteiger partial charge in [0.05, 0.1) is 5.92 Å². The van der Waals surface area contributed by atoms with Crippen molar-refractivity contribution in [1.29, 1.82) is 0 Å². The minimum absolute atomic E-state index is 0.239. The maximum absolute atomic E-state index is 11.2. The minimum Gasteiger partial charge on any atom is -0.459 e. The second kappa shape index (κ2) is 2.58. The molecule has 0 aromatic heterocycles. The maximum Gasteiger partial charge on any atom is 0.348 e. The molecule has 3 atom stereocenters. The molecule has 0 aromatic rings. The van der Waals surface area contributed by atoms with E-state index in [1.54, 1.807) is 0 Å². The summed E-state index contributed by atoms with van der Waals surface area (Å²) in [4.78, 5) is 22.2. The number of esters is 2. The first-order chi connectivity index (χ1) is 6.15. The zero-order valence-corrected chi connectivity index (χ0v) is 7.28. The Morgan fingerprint density at radius 3 is 2.69 bits per heavy atom. The molecule has 0 amide bonds. The molecule has 0 aromatic carbocycles. The van der Waals surface area contributed by atoms with Crippen LogP contribution in [-0.2, 0) is 19.1 Å². The zero-order valence-electron chi connectivity index (χ0n) is 7.28. The molecule has 4 heteroatoms. The highest BCUT2D eigenvalue weighted by molar-refractivity contribution is 5.97. The number of carbonyl (C=O) groups excluding carboxylic acids is 2. The van der Waals surface area contributed by atoms with Crippen LogP contribution in [0.25, 0.3) is 0 Å². The van der Waals surface area contributed by atoms with E-state index in [1.807, 2.05) is 6.92 Å². The molecule has 4 nitrogen and oxygen atoms in total. The highest BCUT2D eigenvalue weighted by atomic mass is 16.6. The summed E-state index contributed by atoms with van der Waals surface area (Å²) in [6, 6.07) is 0. The van der Waals surface area contributed by atoms with Gasteiger partial charge in [0.15, 0.2) is 0 Å². The maximum atomic E-state index is 11.2. The zero-order chi connectivity index (χ0) is 9.59. The van der Waals surface area contributed by atoms with Gasteiger partial charge in [-0.15, -0.1) is 0 Å². The molecule has 0 saturated carbocycles. The summed E-state index contributed by atoms with van der Waals surface area (Å²) in [5, 5.41) is 0. The fourth-order valence-corrected chi connectivity index (χ4v) is 1.82. The third-order valence-electron chi connectivity index (χ3n) is 2.53. The van der Waals surface area contributed by atoms with Crippen molar-refractivity contribution in [1.82, 2.24) is 0 Å². The fourth-order valence-electron chi connectivity index (χ4n) is 1.82. The molecule has 13 heavy (non-hydrogen) atoms. The highest BCUT2D eigenvalue weighted by Gasteiger charge is 2.54. The van der Waals surface area contributed by atoms with Crippen LogP contribution in [0.4, 0.5) is 0 Å². The number of ether oxygens (including phenoxy) is 2. The lowest BCUT2D eigenvalue weighted by Gasteiger charge is -2.11. The van der Waals surface area contributed by atoms with E-state index in [2.05, 4.69) is 6.58 Å². The van der Waals surface area contributed by atoms with E-state index >= 15 is 0 Å². The second-order valence-electron chi connectivity index (χ2n) is 3.26. The van der Waals surface area contributed by atoms with Gasteiger partial charge in [-0.1, -0.05) is 13.5 Å². The van der Waals surface area contributed by atoms with Gasteiger partial charge in [0.25, 0.3) is 0 Å². The summed E-state index contributed by atoms with van der Waals surface area (Å²) in [5.41, 5.74) is 0.364. The Kier molecular flexibility index (Phi) is 1.65. The van der Waals surface area contributed by atoms with Crippen molar-refractivity contribution in [3.63, 3.8) is 0 Å². The van der Waals surface area contributed by atoms with Gasteiger partial charge in [0.2, 0.25) is 6.10 Å². The smallest absolute Gasteiger partial charge is 0.348 e. The topological polar surface area (TPSA) is 52.6 Å². The summed E-state index contributed by atoms with van der Waals surface area (Å²) < 4.78 is 9.85. The van der Waals surface area contributed by atoms with Crippen molar-refractivity contribution < 1.29 is 19.1 Å². The highest BCUT2D eigenvalue weighted by Crippen LogP contribution is 2.38. The summed E-state index contributed by atoms with van der Waals surface area (Å²) in [5.74, 6) is -1.17. The van der Waals surface area contributed by atoms with Crippen LogP contribution in [0.15, 0.2) is 12.2 Å². The molecule has 0 bridgehead atoms. The van der Waals surface area contributed by atoms with Crippen molar-refractivity contribution in [2.75, 3.05) is 0 Å². The van der Waals surface area contributed by atoms with Gasteiger partial charge in [0.1, 0.15) is 6.10 Å². The van der Waals surface area contributed by atoms with Crippen LogP contribution in [0.5, 0.6) is 0 Å². The van der Waals surface area contributed by atoms with Crippen molar-refractivity contribution in [2.24, 2.45) is 5.92 Å². The number of hydrogen-bond donors (Lipinski definition) is 0. The lowest BCUT2D eigenvalue weighted by Crippen LogP contribution is -2.21. The summed E-state index contributed by atoms with van der Waals surface area (Å²) in [7, 11) is 0. The lowest BCUT2D eigenvalue weighted by molar-refractivity contribution is -0.156. The van der Waals surface area contributed by atoms with Crippen molar-refractivity contribution in [3.8, 4) is 0 Å². The Morgan fingerprint density at radius 1 is 1.38 bits per heavy atom. The largest absolute Gasteiger partial charge is 0.459 e. The standard InChI is InChI=1S/C9H10O4/c1-3-5-6-4(2)8(10)13-7(6)9(11)12-5/h5-7H,2-3H2,1H3/t5-,6+,7+/m1/s1. The second-order valence-corrected chi connectivity index (χ2v) is 3.26. The monoisotopic (exact) mass is 182 g/mol. The van der Waals surface area contributed by atoms with E-state index in [4.69, 9.17) is 9.47 Å². The quantitative estimate of drug-likeness (QED) is 0.435. The van der Waals surface area contributed by atoms with Crippen LogP contribution in [-0.4, -0.2) is 24.1 Å². The van der Waals surface area contributed by atoms with E-state index in [1.165, 1.54) is 0 Å². The molecular weight excluding hydrogens is 172 g/mol. The minimum atomic E-state index is -0.732. The Morgan fingerprint density at radius 2 is 2.08 bits per heavy atom. The number of cyclic esters (lactones) is 1. The molecule has 2 saturated heterocycles. The molecule has 0 N–H and O–H groups in total. The first-order valence-electron chi connectivity index (χ1n) is 4.25. The first kappa shape index (κ1) is 8.29. The Labute approximate surface area is 75.5 Å². The average Bonchev–Trinajstić information content (AvgIpc) is 2.55. The van der Waals surface area contributed by atoms with Crippen LogP contribution in [0.3, 0.4) is 0 Å². The van der Waals surface area contributed by atoms with Crippen LogP contribution in [0, 0.1) is 5.92 Å². The van der Waals surface area contributed by atoms with E-state index in [-0.39, 0.29) is 12.0 Å². The van der Waals surface area contributed by atoms with Crippen molar-refractivity contribution in [2.45, 2.75) is 25.6 Å². The van der Waals surface area contributed by atoms with Gasteiger partial charge in [-0.2, -0.15) is 0 Å². The molecule has 2 aliphatic rings. The Bertz CT molecular complexity index is 294. The average molecular weight is 182 g/mol. The van der Waals surface area contributed by atoms with Crippen LogP contribution >= 0.6 is 0 Å². The molecule has 0 unspecified atom stereocenters. The number of fused-ring (bicyclic) bond motifs is 1. The van der Waals surface area contributed by atoms with Gasteiger partial charge in [-0.3, -0.25) is 0 Å². The van der Waals surface area contributed by atoms with Gasteiger partial charge in [0, 0.05) is 5.57 Å². The van der Waals surface area contributed by atoms with Crippen molar-refractivity contribution >= 4 is 11.9 Å². The summed E-state index contributed by atoms with van der Waals surface area (Å²) in [6.07, 6.45) is -0.288. The van der Waals surface area contributed by atoms with E-state index in [0.717, 1.165) is 0 Å². The molecule has 2 heterocycles. The van der Waals surface area contributed by atoms with Gasteiger partial charge >= 0.3 is 11.9 Å². The predicted molar refractivity (Wildman–Crippen MR) is 42.7 cm³/mol. The van der Waals surface area contributed by atoms with Crippen LogP contribution in [0.2, 0.25) is 0 Å². The van der Waals surface area contributed by atoms with E-state index in [0.29, 0.717) is 12.0 Å². The Hall–Kier alpha value is -1.32. The lowest BCUT2D eigenvalue weighted by atomic mass is 9.92. The molecule has 2 rings (SSSR count). The van der Waals surface area contributed by atoms with Gasteiger partial charge in [-0.25, -0.2) is 9.59 Å². The number of rotatable bonds is 1. The van der Waals surface area contributed by atoms with E-state index in [9.17, 15) is 9.59 Å². The van der Waals surface area contributed by atoms with Crippen LogP contribution < -0.4 is 0 Å². The molecule has 2 aliphatic heterocycles. The molecule has 2 fully saturated rings. The van der Waals surface area contributed by atoms with Gasteiger partial charge in [-0.05, 0) is 6.42 Å². The molecule has 0 radical (unpaired) electrons. The van der Waals surface area contributed by atoms with E-state index < -0.39 is 18.0 Å². The molecule has 0 aliphatic carbocycles.